The molecule has 1 atom stereocenters. The molecular formula is C35H36N4O4. The quantitative estimate of drug-likeness (QED) is 0.128. The van der Waals surface area contributed by atoms with Gasteiger partial charge in [-0.05, 0) is 66.8 Å². The lowest BCUT2D eigenvalue weighted by Crippen LogP contribution is -2.47. The maximum Gasteiger partial charge on any atom is 0.251 e. The number of hydrogen-bond acceptors (Lipinski definition) is 4. The van der Waals surface area contributed by atoms with Crippen LogP contribution in [0.4, 0.5) is 0 Å². The molecule has 220 valence electrons. The number of phenols is 1. The van der Waals surface area contributed by atoms with Crippen molar-refractivity contribution in [2.45, 2.75) is 38.1 Å². The van der Waals surface area contributed by atoms with Crippen LogP contribution in [0.25, 0.3) is 21.8 Å². The van der Waals surface area contributed by atoms with Crippen LogP contribution in [0.15, 0.2) is 97.1 Å². The van der Waals surface area contributed by atoms with E-state index < -0.39 is 6.04 Å². The van der Waals surface area contributed by atoms with Gasteiger partial charge in [-0.15, -0.1) is 0 Å². The monoisotopic (exact) mass is 576 g/mol. The molecule has 5 rings (SSSR count). The van der Waals surface area contributed by atoms with Crippen molar-refractivity contribution in [3.8, 4) is 5.75 Å². The summed E-state index contributed by atoms with van der Waals surface area (Å²) >= 11 is 0. The van der Waals surface area contributed by atoms with Crippen LogP contribution in [0, 0.1) is 0 Å². The van der Waals surface area contributed by atoms with Gasteiger partial charge in [-0.3, -0.25) is 14.4 Å². The highest BCUT2D eigenvalue weighted by Gasteiger charge is 2.21. The SMILES string of the molecule is CC(=O)NC(CCCCNC(=O)c1ccc2[nH]c3ccc(O)cc3c2c1)C(=O)NCC(c1ccccc1)c1ccccc1. The Kier molecular flexibility index (Phi) is 9.36. The number of aromatic hydroxyl groups is 1. The van der Waals surface area contributed by atoms with Gasteiger partial charge in [-0.25, -0.2) is 0 Å². The van der Waals surface area contributed by atoms with Gasteiger partial charge in [0, 0.05) is 53.3 Å². The maximum absolute atomic E-state index is 13.2. The number of aromatic amines is 1. The van der Waals surface area contributed by atoms with Crippen molar-refractivity contribution in [3.63, 3.8) is 0 Å². The third-order valence-electron chi connectivity index (χ3n) is 7.63. The number of nitrogens with one attached hydrogen (secondary N) is 4. The van der Waals surface area contributed by atoms with Gasteiger partial charge in [0.2, 0.25) is 11.8 Å². The summed E-state index contributed by atoms with van der Waals surface area (Å²) in [6.45, 7) is 2.24. The topological polar surface area (TPSA) is 123 Å². The summed E-state index contributed by atoms with van der Waals surface area (Å²) in [5, 5.41) is 20.4. The summed E-state index contributed by atoms with van der Waals surface area (Å²) in [5.41, 5.74) is 4.50. The summed E-state index contributed by atoms with van der Waals surface area (Å²) in [5.74, 6) is -0.540. The first kappa shape index (κ1) is 29.4. The van der Waals surface area contributed by atoms with Crippen LogP contribution in [-0.4, -0.2) is 46.9 Å². The van der Waals surface area contributed by atoms with Gasteiger partial charge in [0.05, 0.1) is 0 Å². The molecule has 0 saturated carbocycles. The van der Waals surface area contributed by atoms with E-state index in [4.69, 9.17) is 0 Å². The first-order chi connectivity index (χ1) is 20.9. The molecule has 0 fully saturated rings. The van der Waals surface area contributed by atoms with Gasteiger partial charge in [0.1, 0.15) is 11.8 Å². The van der Waals surface area contributed by atoms with Crippen LogP contribution < -0.4 is 16.0 Å². The van der Waals surface area contributed by atoms with E-state index in [1.807, 2.05) is 78.9 Å². The van der Waals surface area contributed by atoms with E-state index in [0.29, 0.717) is 37.9 Å². The number of carbonyl (C=O) groups excluding carboxylic acids is 3. The van der Waals surface area contributed by atoms with Crippen LogP contribution in [-0.2, 0) is 9.59 Å². The standard InChI is InChI=1S/C35H36N4O4/c1-23(40)38-33(35(43)37-22-30(24-10-4-2-5-11-24)25-12-6-3-7-13-25)14-8-9-19-36-34(42)26-15-17-31-28(20-26)29-21-27(41)16-18-32(29)39-31/h2-7,10-13,15-18,20-21,30,33,39,41H,8-9,14,19,22H2,1H3,(H,36,42)(H,37,43)(H,38,40). The second-order valence-electron chi connectivity index (χ2n) is 10.7. The van der Waals surface area contributed by atoms with Crippen LogP contribution >= 0.6 is 0 Å². The lowest BCUT2D eigenvalue weighted by atomic mass is 9.91. The molecule has 1 unspecified atom stereocenters. The minimum absolute atomic E-state index is 0.0197. The Morgan fingerprint density at radius 1 is 0.767 bits per heavy atom. The minimum atomic E-state index is -0.666. The fraction of sp³-hybridized carbons (Fsp3) is 0.229. The first-order valence-corrected chi connectivity index (χ1v) is 14.6. The number of fused-ring (bicyclic) bond motifs is 3. The third-order valence-corrected chi connectivity index (χ3v) is 7.63. The van der Waals surface area contributed by atoms with E-state index in [1.165, 1.54) is 6.92 Å². The Bertz CT molecular complexity index is 1680. The molecule has 0 saturated heterocycles. The van der Waals surface area contributed by atoms with Crippen LogP contribution in [0.2, 0.25) is 0 Å². The molecule has 0 aliphatic carbocycles. The summed E-state index contributed by atoms with van der Waals surface area (Å²) in [7, 11) is 0. The van der Waals surface area contributed by atoms with Gasteiger partial charge in [-0.1, -0.05) is 60.7 Å². The fourth-order valence-electron chi connectivity index (χ4n) is 5.44. The fourth-order valence-corrected chi connectivity index (χ4v) is 5.44. The molecule has 0 radical (unpaired) electrons. The highest BCUT2D eigenvalue weighted by Crippen LogP contribution is 2.29. The van der Waals surface area contributed by atoms with Crippen molar-refractivity contribution in [1.29, 1.82) is 0 Å². The highest BCUT2D eigenvalue weighted by molar-refractivity contribution is 6.10. The summed E-state index contributed by atoms with van der Waals surface area (Å²) in [4.78, 5) is 41.2. The van der Waals surface area contributed by atoms with Gasteiger partial charge < -0.3 is 26.0 Å². The summed E-state index contributed by atoms with van der Waals surface area (Å²) in [6, 6.07) is 30.0. The molecule has 8 nitrogen and oxygen atoms in total. The Balaban J connectivity index is 1.14. The van der Waals surface area contributed by atoms with Crippen molar-refractivity contribution < 1.29 is 19.5 Å². The van der Waals surface area contributed by atoms with Crippen LogP contribution in [0.3, 0.4) is 0 Å². The first-order valence-electron chi connectivity index (χ1n) is 14.6. The Morgan fingerprint density at radius 3 is 2.05 bits per heavy atom. The molecular weight excluding hydrogens is 540 g/mol. The smallest absolute Gasteiger partial charge is 0.251 e. The zero-order valence-electron chi connectivity index (χ0n) is 24.1. The molecule has 0 spiro atoms. The van der Waals surface area contributed by atoms with E-state index in [2.05, 4.69) is 20.9 Å². The maximum atomic E-state index is 13.2. The number of phenolic OH excluding ortho intramolecular Hbond substituents is 1. The molecule has 0 aliphatic heterocycles. The molecule has 0 aliphatic rings. The zero-order chi connectivity index (χ0) is 30.2. The Morgan fingerprint density at radius 2 is 1.40 bits per heavy atom. The second kappa shape index (κ2) is 13.7. The molecule has 0 bridgehead atoms. The van der Waals surface area contributed by atoms with Gasteiger partial charge in [-0.2, -0.15) is 0 Å². The van der Waals surface area contributed by atoms with Crippen LogP contribution in [0.1, 0.15) is 53.6 Å². The average molecular weight is 577 g/mol. The second-order valence-corrected chi connectivity index (χ2v) is 10.7. The van der Waals surface area contributed by atoms with Crippen molar-refractivity contribution in [1.82, 2.24) is 20.9 Å². The number of H-pyrrole nitrogens is 1. The molecule has 1 aromatic heterocycles. The number of carbonyl (C=O) groups is 3. The number of hydrogen-bond donors (Lipinski definition) is 5. The number of benzene rings is 4. The number of amides is 3. The highest BCUT2D eigenvalue weighted by atomic mass is 16.3. The molecule has 1 heterocycles. The Labute approximate surface area is 250 Å². The minimum Gasteiger partial charge on any atom is -0.508 e. The molecule has 8 heteroatoms. The summed E-state index contributed by atoms with van der Waals surface area (Å²) in [6.07, 6.45) is 1.74. The number of unbranched alkanes of at least 4 members (excludes halogenated alkanes) is 1. The molecule has 3 amide bonds. The van der Waals surface area contributed by atoms with Gasteiger partial charge in [0.15, 0.2) is 0 Å². The van der Waals surface area contributed by atoms with Crippen molar-refractivity contribution in [2.24, 2.45) is 0 Å². The Hall–Kier alpha value is -5.11. The predicted octanol–water partition coefficient (Wildman–Crippen LogP) is 5.38. The predicted molar refractivity (Wildman–Crippen MR) is 169 cm³/mol. The van der Waals surface area contributed by atoms with E-state index in [-0.39, 0.29) is 29.4 Å². The zero-order valence-corrected chi connectivity index (χ0v) is 24.1. The number of rotatable bonds is 12. The normalized spacial score (nSPS) is 11.9. The third kappa shape index (κ3) is 7.40. The van der Waals surface area contributed by atoms with E-state index >= 15 is 0 Å². The summed E-state index contributed by atoms with van der Waals surface area (Å²) < 4.78 is 0. The van der Waals surface area contributed by atoms with Crippen LogP contribution in [0.5, 0.6) is 5.75 Å². The van der Waals surface area contributed by atoms with Gasteiger partial charge in [0.25, 0.3) is 5.91 Å². The van der Waals surface area contributed by atoms with E-state index in [9.17, 15) is 19.5 Å². The lowest BCUT2D eigenvalue weighted by molar-refractivity contribution is -0.128. The van der Waals surface area contributed by atoms with Gasteiger partial charge >= 0.3 is 0 Å². The molecule has 4 aromatic carbocycles. The van der Waals surface area contributed by atoms with Crippen molar-refractivity contribution >= 4 is 39.5 Å². The number of aromatic nitrogens is 1. The molecule has 43 heavy (non-hydrogen) atoms. The molecule has 5 N–H and O–H groups in total. The van der Waals surface area contributed by atoms with E-state index in [0.717, 1.165) is 32.9 Å². The average Bonchev–Trinajstić information content (AvgIpc) is 3.38. The van der Waals surface area contributed by atoms with Crippen molar-refractivity contribution in [3.05, 3.63) is 114 Å². The van der Waals surface area contributed by atoms with Crippen molar-refractivity contribution in [2.75, 3.05) is 13.1 Å². The van der Waals surface area contributed by atoms with E-state index in [1.54, 1.807) is 18.2 Å². The largest absolute Gasteiger partial charge is 0.508 e. The molecule has 5 aromatic rings. The lowest BCUT2D eigenvalue weighted by Gasteiger charge is -2.22.